The normalized spacial score (nSPS) is 28.9. The number of esters is 1. The Labute approximate surface area is 147 Å². The molecule has 1 aliphatic rings. The first-order valence-corrected chi connectivity index (χ1v) is 8.59. The van der Waals surface area contributed by atoms with Gasteiger partial charge in [-0.05, 0) is 59.3 Å². The molecular weight excluding hydrogens is 337 g/mol. The molecule has 0 heterocycles. The summed E-state index contributed by atoms with van der Waals surface area (Å²) < 4.78 is 50.1. The summed E-state index contributed by atoms with van der Waals surface area (Å²) in [6.45, 7) is 10.7. The van der Waals surface area contributed by atoms with Crippen LogP contribution in [0.4, 0.5) is 13.2 Å². The van der Waals surface area contributed by atoms with E-state index in [1.54, 1.807) is 13.8 Å². The fraction of sp³-hybridized carbons (Fsp3) is 0.833. The highest BCUT2D eigenvalue weighted by atomic mass is 19.4. The van der Waals surface area contributed by atoms with Crippen LogP contribution < -0.4 is 0 Å². The van der Waals surface area contributed by atoms with Gasteiger partial charge < -0.3 is 14.6 Å². The van der Waals surface area contributed by atoms with Gasteiger partial charge in [-0.25, -0.2) is 4.79 Å². The van der Waals surface area contributed by atoms with Crippen LogP contribution in [0.15, 0.2) is 12.2 Å². The Morgan fingerprint density at radius 3 is 2.40 bits per heavy atom. The van der Waals surface area contributed by atoms with Gasteiger partial charge in [0, 0.05) is 5.57 Å². The van der Waals surface area contributed by atoms with Gasteiger partial charge >= 0.3 is 12.1 Å². The molecule has 1 fully saturated rings. The predicted molar refractivity (Wildman–Crippen MR) is 88.0 cm³/mol. The Hall–Kier alpha value is -1.08. The first-order valence-electron chi connectivity index (χ1n) is 8.59. The van der Waals surface area contributed by atoms with E-state index >= 15 is 0 Å². The van der Waals surface area contributed by atoms with Crippen LogP contribution in [0.5, 0.6) is 0 Å². The van der Waals surface area contributed by atoms with E-state index in [1.165, 1.54) is 6.92 Å². The maximum Gasteiger partial charge on any atom is 0.419 e. The smallest absolute Gasteiger partial charge is 0.419 e. The van der Waals surface area contributed by atoms with Crippen LogP contribution in [0.1, 0.15) is 60.3 Å². The number of hydrogen-bond donors (Lipinski definition) is 1. The Kier molecular flexibility index (Phi) is 6.73. The van der Waals surface area contributed by atoms with Gasteiger partial charge in [0.15, 0.2) is 5.60 Å². The van der Waals surface area contributed by atoms with Gasteiger partial charge in [-0.3, -0.25) is 0 Å². The molecule has 146 valence electrons. The standard InChI is InChI=1S/C18H29F3O4/c1-7-17(25-13(5)16(6,23)18(19,20)21)9-8-14(10-17)12(4)24-15(22)11(2)3/h12-14,23H,2,7-10H2,1,3-6H3. The van der Waals surface area contributed by atoms with E-state index in [9.17, 15) is 23.1 Å². The van der Waals surface area contributed by atoms with Gasteiger partial charge in [0.2, 0.25) is 0 Å². The molecule has 0 aromatic rings. The summed E-state index contributed by atoms with van der Waals surface area (Å²) in [4.78, 5) is 11.6. The van der Waals surface area contributed by atoms with E-state index in [0.29, 0.717) is 31.3 Å². The Balaban J connectivity index is 2.79. The van der Waals surface area contributed by atoms with E-state index in [-0.39, 0.29) is 12.0 Å². The van der Waals surface area contributed by atoms with Crippen LogP contribution in [0.3, 0.4) is 0 Å². The van der Waals surface area contributed by atoms with Crippen LogP contribution in [-0.4, -0.2) is 40.7 Å². The Morgan fingerprint density at radius 2 is 1.96 bits per heavy atom. The molecule has 5 unspecified atom stereocenters. The molecule has 1 rings (SSSR count). The van der Waals surface area contributed by atoms with Crippen molar-refractivity contribution < 1.29 is 32.5 Å². The van der Waals surface area contributed by atoms with Crippen molar-refractivity contribution in [2.45, 2.75) is 89.9 Å². The number of halogens is 3. The SMILES string of the molecule is C=C(C)C(=O)OC(C)C1CCC(CC)(OC(C)C(C)(O)C(F)(F)F)C1. The lowest BCUT2D eigenvalue weighted by molar-refractivity contribution is -0.299. The van der Waals surface area contributed by atoms with Gasteiger partial charge in [0.05, 0.1) is 11.7 Å². The second-order valence-corrected chi connectivity index (χ2v) is 7.34. The number of carbonyl (C=O) groups is 1. The quantitative estimate of drug-likeness (QED) is 0.543. The number of alkyl halides is 3. The molecule has 5 atom stereocenters. The van der Waals surface area contributed by atoms with E-state index in [2.05, 4.69) is 6.58 Å². The van der Waals surface area contributed by atoms with Crippen LogP contribution in [0, 0.1) is 5.92 Å². The molecule has 1 aliphatic carbocycles. The number of ether oxygens (including phenoxy) is 2. The topological polar surface area (TPSA) is 55.8 Å². The average Bonchev–Trinajstić information content (AvgIpc) is 2.90. The highest BCUT2D eigenvalue weighted by Crippen LogP contribution is 2.45. The van der Waals surface area contributed by atoms with Crippen LogP contribution >= 0.6 is 0 Å². The predicted octanol–water partition coefficient (Wildman–Crippen LogP) is 4.16. The highest BCUT2D eigenvalue weighted by molar-refractivity contribution is 5.87. The Bertz CT molecular complexity index is 501. The summed E-state index contributed by atoms with van der Waals surface area (Å²) in [6.07, 6.45) is -4.32. The first kappa shape index (κ1) is 22.0. The fourth-order valence-electron chi connectivity index (χ4n) is 3.13. The molecule has 0 saturated heterocycles. The maximum absolute atomic E-state index is 13.0. The molecule has 0 amide bonds. The molecular formula is C18H29F3O4. The minimum Gasteiger partial charge on any atom is -0.459 e. The molecule has 0 bridgehead atoms. The summed E-state index contributed by atoms with van der Waals surface area (Å²) in [5.74, 6) is -0.484. The maximum atomic E-state index is 13.0. The monoisotopic (exact) mass is 366 g/mol. The second kappa shape index (κ2) is 7.66. The van der Waals surface area contributed by atoms with Crippen molar-refractivity contribution in [2.75, 3.05) is 0 Å². The molecule has 0 aromatic carbocycles. The lowest BCUT2D eigenvalue weighted by atomic mass is 9.92. The molecule has 1 saturated carbocycles. The van der Waals surface area contributed by atoms with Crippen molar-refractivity contribution in [3.63, 3.8) is 0 Å². The zero-order valence-corrected chi connectivity index (χ0v) is 15.6. The molecule has 0 radical (unpaired) electrons. The summed E-state index contributed by atoms with van der Waals surface area (Å²) in [6, 6.07) is 0. The van der Waals surface area contributed by atoms with Gasteiger partial charge in [-0.2, -0.15) is 13.2 Å². The third-order valence-electron chi connectivity index (χ3n) is 5.35. The van der Waals surface area contributed by atoms with E-state index < -0.39 is 29.5 Å². The van der Waals surface area contributed by atoms with E-state index in [0.717, 1.165) is 6.92 Å². The first-order chi connectivity index (χ1) is 11.3. The van der Waals surface area contributed by atoms with E-state index in [1.807, 2.05) is 6.92 Å². The van der Waals surface area contributed by atoms with Crippen LogP contribution in [0.2, 0.25) is 0 Å². The number of carbonyl (C=O) groups excluding carboxylic acids is 1. The molecule has 7 heteroatoms. The number of hydrogen-bond acceptors (Lipinski definition) is 4. The Morgan fingerprint density at radius 1 is 1.40 bits per heavy atom. The zero-order valence-electron chi connectivity index (χ0n) is 15.6. The van der Waals surface area contributed by atoms with Crippen molar-refractivity contribution >= 4 is 5.97 Å². The third kappa shape index (κ3) is 4.97. The van der Waals surface area contributed by atoms with Gasteiger partial charge in [-0.1, -0.05) is 13.5 Å². The summed E-state index contributed by atoms with van der Waals surface area (Å²) in [5, 5.41) is 9.82. The van der Waals surface area contributed by atoms with Crippen molar-refractivity contribution in [1.82, 2.24) is 0 Å². The highest BCUT2D eigenvalue weighted by Gasteiger charge is 2.56. The van der Waals surface area contributed by atoms with Crippen molar-refractivity contribution in [2.24, 2.45) is 5.92 Å². The fourth-order valence-corrected chi connectivity index (χ4v) is 3.13. The summed E-state index contributed by atoms with van der Waals surface area (Å²) in [5.41, 5.74) is -3.38. The molecule has 0 spiro atoms. The molecule has 25 heavy (non-hydrogen) atoms. The number of aliphatic hydroxyl groups is 1. The number of rotatable bonds is 7. The lowest BCUT2D eigenvalue weighted by Crippen LogP contribution is -2.54. The summed E-state index contributed by atoms with van der Waals surface area (Å²) >= 11 is 0. The zero-order chi connectivity index (χ0) is 19.6. The average molecular weight is 366 g/mol. The lowest BCUT2D eigenvalue weighted by Gasteiger charge is -2.39. The van der Waals surface area contributed by atoms with Gasteiger partial charge in [0.25, 0.3) is 0 Å². The van der Waals surface area contributed by atoms with Gasteiger partial charge in [-0.15, -0.1) is 0 Å². The summed E-state index contributed by atoms with van der Waals surface area (Å²) in [7, 11) is 0. The third-order valence-corrected chi connectivity index (χ3v) is 5.35. The van der Waals surface area contributed by atoms with Crippen molar-refractivity contribution in [1.29, 1.82) is 0 Å². The minimum absolute atomic E-state index is 0.00807. The minimum atomic E-state index is -4.77. The van der Waals surface area contributed by atoms with Crippen LogP contribution in [0.25, 0.3) is 0 Å². The van der Waals surface area contributed by atoms with Crippen LogP contribution in [-0.2, 0) is 14.3 Å². The largest absolute Gasteiger partial charge is 0.459 e. The molecule has 0 aliphatic heterocycles. The van der Waals surface area contributed by atoms with Gasteiger partial charge in [0.1, 0.15) is 6.10 Å². The van der Waals surface area contributed by atoms with Crippen molar-refractivity contribution in [3.05, 3.63) is 12.2 Å². The molecule has 1 N–H and O–H groups in total. The van der Waals surface area contributed by atoms with Crippen molar-refractivity contribution in [3.8, 4) is 0 Å². The van der Waals surface area contributed by atoms with E-state index in [4.69, 9.17) is 9.47 Å². The second-order valence-electron chi connectivity index (χ2n) is 7.34. The molecule has 0 aromatic heterocycles. The molecule has 4 nitrogen and oxygen atoms in total.